The number of rotatable bonds is 9. The second kappa shape index (κ2) is 13.7. The Morgan fingerprint density at radius 2 is 1.78 bits per heavy atom. The molecule has 45 heavy (non-hydrogen) atoms. The summed E-state index contributed by atoms with van der Waals surface area (Å²) in [5.74, 6) is -4.89. The molecule has 2 aromatic carbocycles. The number of halogens is 3. The topological polar surface area (TPSA) is 144 Å². The monoisotopic (exact) mass is 651 g/mol. The lowest BCUT2D eigenvalue weighted by Crippen LogP contribution is -2.59. The maximum Gasteiger partial charge on any atom is 0.238 e. The normalized spacial score (nSPS) is 26.0. The van der Waals surface area contributed by atoms with E-state index in [1.807, 2.05) is 42.3 Å². The van der Waals surface area contributed by atoms with Gasteiger partial charge in [0, 0.05) is 32.2 Å². The Morgan fingerprint density at radius 3 is 2.40 bits per heavy atom. The van der Waals surface area contributed by atoms with Crippen LogP contribution in [0.1, 0.15) is 24.4 Å². The number of thioether (sulfide) groups is 1. The van der Waals surface area contributed by atoms with Crippen molar-refractivity contribution < 1.29 is 43.1 Å². The first-order chi connectivity index (χ1) is 21.4. The first-order valence-corrected chi connectivity index (χ1v) is 15.4. The van der Waals surface area contributed by atoms with Gasteiger partial charge in [0.05, 0.1) is 18.4 Å². The molecule has 1 amide bonds. The van der Waals surface area contributed by atoms with Gasteiger partial charge in [-0.3, -0.25) is 4.79 Å². The predicted molar refractivity (Wildman–Crippen MR) is 158 cm³/mol. The molecule has 2 fully saturated rings. The van der Waals surface area contributed by atoms with Crippen LogP contribution in [0.2, 0.25) is 0 Å². The molecule has 2 saturated heterocycles. The number of benzene rings is 2. The van der Waals surface area contributed by atoms with Crippen molar-refractivity contribution in [1.29, 1.82) is 0 Å². The third-order valence-corrected chi connectivity index (χ3v) is 9.99. The van der Waals surface area contributed by atoms with Gasteiger partial charge in [-0.15, -0.1) is 16.9 Å². The van der Waals surface area contributed by atoms with Crippen LogP contribution in [0.25, 0.3) is 11.3 Å². The predicted octanol–water partition coefficient (Wildman–Crippen LogP) is 1.56. The third kappa shape index (κ3) is 7.04. The second-order valence-electron chi connectivity index (χ2n) is 11.6. The van der Waals surface area contributed by atoms with Gasteiger partial charge in [-0.25, -0.2) is 17.9 Å². The SMILES string of the molecule is CN1CCC(O)([C@H](S[C@@H]2O[C@H](CO)[C@H](O)[C@H](n3cc(-c4cc(F)c(F)c(F)c4)nn3)[C@H]2O)C(=O)N(C)Cc2ccccc2)CC1. The van der Waals surface area contributed by atoms with Crippen molar-refractivity contribution in [2.45, 2.75) is 60.0 Å². The lowest BCUT2D eigenvalue weighted by molar-refractivity contribution is -0.179. The van der Waals surface area contributed by atoms with Crippen LogP contribution in [-0.2, 0) is 16.1 Å². The Hall–Kier alpha value is -3.05. The molecule has 5 rings (SSSR count). The Morgan fingerprint density at radius 1 is 1.13 bits per heavy atom. The molecule has 0 unspecified atom stereocenters. The van der Waals surface area contributed by atoms with E-state index in [1.54, 1.807) is 7.05 Å². The van der Waals surface area contributed by atoms with Crippen LogP contribution in [0.4, 0.5) is 13.2 Å². The van der Waals surface area contributed by atoms with Gasteiger partial charge in [0.25, 0.3) is 0 Å². The van der Waals surface area contributed by atoms with Crippen LogP contribution in [0, 0.1) is 17.5 Å². The summed E-state index contributed by atoms with van der Waals surface area (Å²) in [5, 5.41) is 51.2. The summed E-state index contributed by atoms with van der Waals surface area (Å²) in [6.45, 7) is 0.682. The van der Waals surface area contributed by atoms with Crippen molar-refractivity contribution in [1.82, 2.24) is 24.8 Å². The zero-order chi connectivity index (χ0) is 32.5. The van der Waals surface area contributed by atoms with E-state index in [0.29, 0.717) is 13.1 Å². The van der Waals surface area contributed by atoms with Crippen molar-refractivity contribution in [3.63, 3.8) is 0 Å². The number of aliphatic hydroxyl groups excluding tert-OH is 3. The van der Waals surface area contributed by atoms with Crippen molar-refractivity contribution in [3.05, 3.63) is 71.7 Å². The Kier molecular flexibility index (Phi) is 10.2. The number of hydrogen-bond donors (Lipinski definition) is 4. The van der Waals surface area contributed by atoms with E-state index >= 15 is 0 Å². The van der Waals surface area contributed by atoms with E-state index in [0.717, 1.165) is 34.1 Å². The third-order valence-electron chi connectivity index (χ3n) is 8.42. The number of ether oxygens (including phenoxy) is 1. The number of carbonyl (C=O) groups is 1. The number of nitrogens with zero attached hydrogens (tertiary/aromatic N) is 5. The van der Waals surface area contributed by atoms with Crippen molar-refractivity contribution in [2.24, 2.45) is 0 Å². The molecule has 0 radical (unpaired) electrons. The maximum absolute atomic E-state index is 14.0. The molecule has 0 saturated carbocycles. The summed E-state index contributed by atoms with van der Waals surface area (Å²) in [6.07, 6.45) is -2.52. The minimum absolute atomic E-state index is 0.0697. The molecule has 0 bridgehead atoms. The van der Waals surface area contributed by atoms with Crippen LogP contribution in [0.3, 0.4) is 0 Å². The number of aliphatic hydroxyl groups is 4. The molecule has 0 aliphatic carbocycles. The van der Waals surface area contributed by atoms with Gasteiger partial charge in [-0.2, -0.15) is 0 Å². The molecule has 0 spiro atoms. The first-order valence-electron chi connectivity index (χ1n) is 14.5. The van der Waals surface area contributed by atoms with Crippen molar-refractivity contribution in [3.8, 4) is 11.3 Å². The highest BCUT2D eigenvalue weighted by molar-refractivity contribution is 8.01. The molecular weight excluding hydrogens is 615 g/mol. The minimum Gasteiger partial charge on any atom is -0.394 e. The maximum atomic E-state index is 14.0. The summed E-state index contributed by atoms with van der Waals surface area (Å²) < 4.78 is 48.2. The fourth-order valence-electron chi connectivity index (χ4n) is 5.70. The number of piperidine rings is 1. The van der Waals surface area contributed by atoms with E-state index in [9.17, 15) is 38.4 Å². The molecule has 15 heteroatoms. The standard InChI is InChI=1S/C30H36F3N5O6S/c1-36-10-8-30(43,9-11-36)27(28(42)37(2)14-17-6-4-3-5-7-17)45-29-26(41)24(25(40)22(16-39)44-29)38-15-21(34-35-38)18-12-19(31)23(33)20(32)13-18/h3-7,12-13,15,22,24-27,29,39-41,43H,8-11,14,16H2,1-2H3/t22-,24+,25+,26-,27-,29+/m1/s1. The van der Waals surface area contributed by atoms with E-state index in [1.165, 1.54) is 11.1 Å². The smallest absolute Gasteiger partial charge is 0.238 e. The van der Waals surface area contributed by atoms with Crippen LogP contribution >= 0.6 is 11.8 Å². The van der Waals surface area contributed by atoms with Crippen LogP contribution < -0.4 is 0 Å². The zero-order valence-corrected chi connectivity index (χ0v) is 25.5. The van der Waals surface area contributed by atoms with Gasteiger partial charge >= 0.3 is 0 Å². The highest BCUT2D eigenvalue weighted by Gasteiger charge is 2.51. The molecule has 3 heterocycles. The zero-order valence-electron chi connectivity index (χ0n) is 24.7. The van der Waals surface area contributed by atoms with Crippen LogP contribution in [0.5, 0.6) is 0 Å². The lowest BCUT2D eigenvalue weighted by atomic mass is 9.87. The number of aromatic nitrogens is 3. The molecule has 2 aliphatic heterocycles. The highest BCUT2D eigenvalue weighted by atomic mass is 32.2. The van der Waals surface area contributed by atoms with Crippen molar-refractivity contribution in [2.75, 3.05) is 33.8 Å². The molecule has 244 valence electrons. The number of amides is 1. The molecule has 4 N–H and O–H groups in total. The van der Waals surface area contributed by atoms with Gasteiger partial charge < -0.3 is 35.0 Å². The van der Waals surface area contributed by atoms with Gasteiger partial charge in [0.15, 0.2) is 17.5 Å². The van der Waals surface area contributed by atoms with E-state index in [-0.39, 0.29) is 30.6 Å². The molecular formula is C30H36F3N5O6S. The highest BCUT2D eigenvalue weighted by Crippen LogP contribution is 2.42. The van der Waals surface area contributed by atoms with E-state index < -0.39 is 70.6 Å². The van der Waals surface area contributed by atoms with Gasteiger partial charge in [-0.1, -0.05) is 35.5 Å². The van der Waals surface area contributed by atoms with Crippen LogP contribution in [-0.4, -0.2) is 120 Å². The molecule has 2 aliphatic rings. The molecule has 11 nitrogen and oxygen atoms in total. The Balaban J connectivity index is 1.43. The number of carbonyl (C=O) groups excluding carboxylic acids is 1. The van der Waals surface area contributed by atoms with E-state index in [4.69, 9.17) is 4.74 Å². The first kappa shape index (κ1) is 33.3. The van der Waals surface area contributed by atoms with Crippen molar-refractivity contribution >= 4 is 17.7 Å². The van der Waals surface area contributed by atoms with Crippen LogP contribution in [0.15, 0.2) is 48.7 Å². The summed E-state index contributed by atoms with van der Waals surface area (Å²) in [5.41, 5.74) is -2.01. The van der Waals surface area contributed by atoms with E-state index in [2.05, 4.69) is 10.3 Å². The van der Waals surface area contributed by atoms with Gasteiger partial charge in [-0.05, 0) is 37.6 Å². The molecule has 3 aromatic rings. The average Bonchev–Trinajstić information content (AvgIpc) is 3.51. The van der Waals surface area contributed by atoms with Gasteiger partial charge in [0.1, 0.15) is 40.7 Å². The quantitative estimate of drug-likeness (QED) is 0.252. The molecule has 1 aromatic heterocycles. The second-order valence-corrected chi connectivity index (χ2v) is 12.8. The number of likely N-dealkylation sites (tertiary alicyclic amines) is 1. The van der Waals surface area contributed by atoms with Gasteiger partial charge in [0.2, 0.25) is 5.91 Å². The fraction of sp³-hybridized carbons (Fsp3) is 0.500. The fourth-order valence-corrected chi connectivity index (χ4v) is 7.29. The molecule has 6 atom stereocenters. The Bertz CT molecular complexity index is 1450. The summed E-state index contributed by atoms with van der Waals surface area (Å²) in [6, 6.07) is 9.53. The minimum atomic E-state index is -1.64. The average molecular weight is 652 g/mol. The largest absolute Gasteiger partial charge is 0.394 e. The summed E-state index contributed by atoms with van der Waals surface area (Å²) in [4.78, 5) is 17.5. The summed E-state index contributed by atoms with van der Waals surface area (Å²) >= 11 is 0.899. The number of hydrogen-bond acceptors (Lipinski definition) is 10. The Labute approximate surface area is 262 Å². The lowest BCUT2D eigenvalue weighted by Gasteiger charge is -2.46. The summed E-state index contributed by atoms with van der Waals surface area (Å²) in [7, 11) is 3.54.